The molecule has 0 N–H and O–H groups in total. The molecule has 3 fully saturated rings. The van der Waals surface area contributed by atoms with E-state index in [1.807, 2.05) is 0 Å². The molecule has 0 radical (unpaired) electrons. The quantitative estimate of drug-likeness (QED) is 0.819. The fourth-order valence-electron chi connectivity index (χ4n) is 5.28. The summed E-state index contributed by atoms with van der Waals surface area (Å²) in [6.07, 6.45) is 10.00. The minimum absolute atomic E-state index is 0.769. The lowest BCUT2D eigenvalue weighted by Gasteiger charge is -2.46. The molecule has 1 aliphatic carbocycles. The van der Waals surface area contributed by atoms with Crippen LogP contribution in [0.3, 0.4) is 0 Å². The second-order valence-electron chi connectivity index (χ2n) is 8.28. The van der Waals surface area contributed by atoms with Crippen LogP contribution in [0.15, 0.2) is 24.3 Å². The van der Waals surface area contributed by atoms with E-state index in [-0.39, 0.29) is 0 Å². The van der Waals surface area contributed by atoms with Crippen molar-refractivity contribution in [1.29, 1.82) is 0 Å². The number of piperazine rings is 1. The smallest absolute Gasteiger partial charge is 0.142 e. The standard InChI is InChI=1S/C22H35N3O/c1-26-22-12-6-5-11-21(22)24-16-14-23(15-17-24)20-10-7-13-25(18-20)19-8-3-2-4-9-19/h5-6,11-12,19-20H,2-4,7-10,13-18H2,1H3/t20-/m0/s1. The van der Waals surface area contributed by atoms with Crippen LogP contribution in [-0.4, -0.2) is 68.3 Å². The Morgan fingerprint density at radius 2 is 1.50 bits per heavy atom. The van der Waals surface area contributed by atoms with E-state index in [1.165, 1.54) is 76.8 Å². The van der Waals surface area contributed by atoms with Crippen molar-refractivity contribution >= 4 is 5.69 Å². The van der Waals surface area contributed by atoms with Gasteiger partial charge in [0.1, 0.15) is 5.75 Å². The summed E-state index contributed by atoms with van der Waals surface area (Å²) in [6.45, 7) is 7.23. The van der Waals surface area contributed by atoms with Crippen molar-refractivity contribution in [2.75, 3.05) is 51.3 Å². The maximum Gasteiger partial charge on any atom is 0.142 e. The second-order valence-corrected chi connectivity index (χ2v) is 8.28. The Kier molecular flexibility index (Phi) is 6.01. The van der Waals surface area contributed by atoms with Crippen LogP contribution in [0.2, 0.25) is 0 Å². The van der Waals surface area contributed by atoms with Gasteiger partial charge in [0.15, 0.2) is 0 Å². The summed E-state index contributed by atoms with van der Waals surface area (Å²) in [6, 6.07) is 10.1. The molecule has 0 spiro atoms. The molecule has 3 aliphatic rings. The van der Waals surface area contributed by atoms with E-state index in [0.29, 0.717) is 0 Å². The fraction of sp³-hybridized carbons (Fsp3) is 0.727. The Labute approximate surface area is 159 Å². The van der Waals surface area contributed by atoms with Gasteiger partial charge in [-0.1, -0.05) is 31.4 Å². The number of anilines is 1. The number of piperidine rings is 1. The van der Waals surface area contributed by atoms with E-state index in [2.05, 4.69) is 39.0 Å². The Morgan fingerprint density at radius 3 is 2.27 bits per heavy atom. The summed E-state index contributed by atoms with van der Waals surface area (Å²) >= 11 is 0. The third kappa shape index (κ3) is 4.01. The number of para-hydroxylation sites is 2. The molecule has 2 heterocycles. The first-order chi connectivity index (χ1) is 12.8. The highest BCUT2D eigenvalue weighted by Gasteiger charge is 2.31. The summed E-state index contributed by atoms with van der Waals surface area (Å²) < 4.78 is 5.56. The molecule has 4 nitrogen and oxygen atoms in total. The molecule has 0 aromatic heterocycles. The lowest BCUT2D eigenvalue weighted by Crippen LogP contribution is -2.56. The molecule has 4 heteroatoms. The van der Waals surface area contributed by atoms with Crippen molar-refractivity contribution in [3.8, 4) is 5.75 Å². The SMILES string of the molecule is COc1ccccc1N1CCN([C@H]2CCCN(C3CCCCC3)C2)CC1. The van der Waals surface area contributed by atoms with Gasteiger partial charge in [-0.3, -0.25) is 9.80 Å². The van der Waals surface area contributed by atoms with Crippen LogP contribution in [0.5, 0.6) is 5.75 Å². The van der Waals surface area contributed by atoms with E-state index in [1.54, 1.807) is 7.11 Å². The lowest BCUT2D eigenvalue weighted by molar-refractivity contribution is 0.0553. The molecule has 0 bridgehead atoms. The monoisotopic (exact) mass is 357 g/mol. The Bertz CT molecular complexity index is 564. The number of likely N-dealkylation sites (tertiary alicyclic amines) is 1. The maximum atomic E-state index is 5.56. The predicted octanol–water partition coefficient (Wildman–Crippen LogP) is 3.61. The fourth-order valence-corrected chi connectivity index (χ4v) is 5.28. The van der Waals surface area contributed by atoms with Gasteiger partial charge < -0.3 is 9.64 Å². The lowest BCUT2D eigenvalue weighted by atomic mass is 9.91. The summed E-state index contributed by atoms with van der Waals surface area (Å²) in [5.74, 6) is 1.00. The van der Waals surface area contributed by atoms with E-state index in [0.717, 1.165) is 30.9 Å². The van der Waals surface area contributed by atoms with Crippen molar-refractivity contribution in [3.63, 3.8) is 0 Å². The summed E-state index contributed by atoms with van der Waals surface area (Å²) in [5, 5.41) is 0. The molecule has 1 saturated carbocycles. The van der Waals surface area contributed by atoms with Crippen LogP contribution in [0.25, 0.3) is 0 Å². The summed E-state index contributed by atoms with van der Waals surface area (Å²) in [4.78, 5) is 8.10. The first-order valence-corrected chi connectivity index (χ1v) is 10.7. The Balaban J connectivity index is 1.32. The van der Waals surface area contributed by atoms with Crippen molar-refractivity contribution in [1.82, 2.24) is 9.80 Å². The van der Waals surface area contributed by atoms with Crippen molar-refractivity contribution in [2.24, 2.45) is 0 Å². The van der Waals surface area contributed by atoms with Gasteiger partial charge in [-0.15, -0.1) is 0 Å². The zero-order valence-electron chi connectivity index (χ0n) is 16.4. The van der Waals surface area contributed by atoms with Gasteiger partial charge >= 0.3 is 0 Å². The first-order valence-electron chi connectivity index (χ1n) is 10.7. The molecule has 0 unspecified atom stereocenters. The number of rotatable bonds is 4. The van der Waals surface area contributed by atoms with Crippen molar-refractivity contribution in [3.05, 3.63) is 24.3 Å². The molecule has 26 heavy (non-hydrogen) atoms. The molecular weight excluding hydrogens is 322 g/mol. The van der Waals surface area contributed by atoms with Gasteiger partial charge in [0, 0.05) is 44.8 Å². The molecule has 144 valence electrons. The van der Waals surface area contributed by atoms with E-state index in [4.69, 9.17) is 4.74 Å². The number of benzene rings is 1. The number of hydrogen-bond acceptors (Lipinski definition) is 4. The van der Waals surface area contributed by atoms with Crippen molar-refractivity contribution < 1.29 is 4.74 Å². The summed E-state index contributed by atoms with van der Waals surface area (Å²) in [7, 11) is 1.77. The highest BCUT2D eigenvalue weighted by atomic mass is 16.5. The van der Waals surface area contributed by atoms with Gasteiger partial charge in [-0.2, -0.15) is 0 Å². The predicted molar refractivity (Wildman–Crippen MR) is 108 cm³/mol. The number of methoxy groups -OCH3 is 1. The molecular formula is C22H35N3O. The van der Waals surface area contributed by atoms with Crippen LogP contribution in [-0.2, 0) is 0 Å². The zero-order chi connectivity index (χ0) is 17.8. The highest BCUT2D eigenvalue weighted by molar-refractivity contribution is 5.58. The maximum absolute atomic E-state index is 5.56. The largest absolute Gasteiger partial charge is 0.495 e. The number of ether oxygens (including phenoxy) is 1. The van der Waals surface area contributed by atoms with Crippen LogP contribution in [0, 0.1) is 0 Å². The molecule has 1 aromatic carbocycles. The van der Waals surface area contributed by atoms with Gasteiger partial charge in [-0.05, 0) is 44.4 Å². The van der Waals surface area contributed by atoms with Gasteiger partial charge in [0.2, 0.25) is 0 Å². The van der Waals surface area contributed by atoms with Crippen LogP contribution >= 0.6 is 0 Å². The average Bonchev–Trinajstić information content (AvgIpc) is 2.74. The Morgan fingerprint density at radius 1 is 0.769 bits per heavy atom. The van der Waals surface area contributed by atoms with E-state index >= 15 is 0 Å². The minimum atomic E-state index is 0.769. The normalized spacial score (nSPS) is 26.8. The van der Waals surface area contributed by atoms with E-state index in [9.17, 15) is 0 Å². The second kappa shape index (κ2) is 8.62. The summed E-state index contributed by atoms with van der Waals surface area (Å²) in [5.41, 5.74) is 1.25. The molecule has 0 amide bonds. The molecule has 2 saturated heterocycles. The first kappa shape index (κ1) is 18.1. The molecule has 4 rings (SSSR count). The molecule has 1 atom stereocenters. The third-order valence-corrected chi connectivity index (χ3v) is 6.78. The topological polar surface area (TPSA) is 19.0 Å². The minimum Gasteiger partial charge on any atom is -0.495 e. The molecule has 1 aromatic rings. The highest BCUT2D eigenvalue weighted by Crippen LogP contribution is 2.30. The number of nitrogens with zero attached hydrogens (tertiary/aromatic N) is 3. The zero-order valence-corrected chi connectivity index (χ0v) is 16.4. The van der Waals surface area contributed by atoms with Crippen LogP contribution in [0.1, 0.15) is 44.9 Å². The average molecular weight is 358 g/mol. The van der Waals surface area contributed by atoms with Gasteiger partial charge in [-0.25, -0.2) is 0 Å². The molecule has 2 aliphatic heterocycles. The third-order valence-electron chi connectivity index (χ3n) is 6.78. The Hall–Kier alpha value is -1.26. The van der Waals surface area contributed by atoms with Gasteiger partial charge in [0.05, 0.1) is 12.8 Å². The van der Waals surface area contributed by atoms with Gasteiger partial charge in [0.25, 0.3) is 0 Å². The van der Waals surface area contributed by atoms with Crippen molar-refractivity contribution in [2.45, 2.75) is 57.0 Å². The van der Waals surface area contributed by atoms with Crippen LogP contribution in [0.4, 0.5) is 5.69 Å². The number of hydrogen-bond donors (Lipinski definition) is 0. The van der Waals surface area contributed by atoms with E-state index < -0.39 is 0 Å². The van der Waals surface area contributed by atoms with Crippen LogP contribution < -0.4 is 9.64 Å².